The maximum absolute atomic E-state index is 13.6. The summed E-state index contributed by atoms with van der Waals surface area (Å²) in [4.78, 5) is 26.8. The van der Waals surface area contributed by atoms with Gasteiger partial charge in [-0.05, 0) is 42.0 Å². The summed E-state index contributed by atoms with van der Waals surface area (Å²) in [6, 6.07) is 24.7. The maximum atomic E-state index is 13.6. The van der Waals surface area contributed by atoms with Crippen LogP contribution in [0.15, 0.2) is 84.9 Å². The van der Waals surface area contributed by atoms with Gasteiger partial charge in [-0.15, -0.1) is 0 Å². The van der Waals surface area contributed by atoms with Crippen molar-refractivity contribution >= 4 is 27.6 Å². The third-order valence-electron chi connectivity index (χ3n) is 7.67. The number of esters is 1. The second kappa shape index (κ2) is 11.2. The minimum Gasteiger partial charge on any atom is -0.454 e. The van der Waals surface area contributed by atoms with Crippen LogP contribution in [0.2, 0.25) is 0 Å². The van der Waals surface area contributed by atoms with E-state index in [-0.39, 0.29) is 29.5 Å². The number of quaternary nitrogens is 1. The van der Waals surface area contributed by atoms with Gasteiger partial charge < -0.3 is 18.7 Å². The molecule has 0 radical (unpaired) electrons. The Bertz CT molecular complexity index is 1400. The van der Waals surface area contributed by atoms with Gasteiger partial charge in [-0.25, -0.2) is 4.79 Å². The Kier molecular flexibility index (Phi) is 7.72. The van der Waals surface area contributed by atoms with Gasteiger partial charge in [0.15, 0.2) is 12.1 Å². The Morgan fingerprint density at radius 2 is 1.54 bits per heavy atom. The number of carbonyl (C=O) groups is 2. The lowest BCUT2D eigenvalue weighted by molar-refractivity contribution is -0.938. The number of carbonyl (C=O) groups excluding carboxylic acids is 2. The molecule has 3 fully saturated rings. The Morgan fingerprint density at radius 1 is 0.923 bits per heavy atom. The molecule has 3 aromatic rings. The fraction of sp³-hybridized carbons (Fsp3) is 0.333. The van der Waals surface area contributed by atoms with Crippen molar-refractivity contribution in [2.45, 2.75) is 25.0 Å². The molecule has 0 unspecified atom stereocenters. The average molecular weight is 550 g/mol. The molecule has 6 rings (SSSR count). The van der Waals surface area contributed by atoms with Crippen LogP contribution in [0, 0.1) is 5.92 Å². The number of rotatable bonds is 10. The lowest BCUT2D eigenvalue weighted by Gasteiger charge is -2.51. The zero-order valence-corrected chi connectivity index (χ0v) is 22.7. The highest BCUT2D eigenvalue weighted by atomic mass is 32.2. The van der Waals surface area contributed by atoms with Crippen LogP contribution in [0.4, 0.5) is 5.69 Å². The third-order valence-corrected chi connectivity index (χ3v) is 8.16. The van der Waals surface area contributed by atoms with Crippen LogP contribution in [-0.4, -0.2) is 63.2 Å². The molecule has 3 aliphatic rings. The first-order chi connectivity index (χ1) is 18.7. The number of nitrogens with zero attached hydrogens (tertiary/aromatic N) is 1. The van der Waals surface area contributed by atoms with E-state index in [1.165, 1.54) is 12.1 Å². The Morgan fingerprint density at radius 3 is 2.15 bits per heavy atom. The van der Waals surface area contributed by atoms with Crippen molar-refractivity contribution in [1.29, 1.82) is 0 Å². The van der Waals surface area contributed by atoms with Crippen molar-refractivity contribution < 1.29 is 31.4 Å². The van der Waals surface area contributed by atoms with E-state index in [9.17, 15) is 18.0 Å². The van der Waals surface area contributed by atoms with Crippen LogP contribution < -0.4 is 9.50 Å². The predicted molar refractivity (Wildman–Crippen MR) is 148 cm³/mol. The number of para-hydroxylation sites is 1. The first-order valence-electron chi connectivity index (χ1n) is 13.1. The summed E-state index contributed by atoms with van der Waals surface area (Å²) >= 11 is 0. The number of benzene rings is 3. The van der Waals surface area contributed by atoms with Gasteiger partial charge in [0.25, 0.3) is 0 Å². The number of anilines is 1. The summed E-state index contributed by atoms with van der Waals surface area (Å²) < 4.78 is 34.4. The molecule has 1 N–H and O–H groups in total. The number of hydrogen-bond acceptors (Lipinski definition) is 7. The molecular formula is C30H33N2O6S+. The number of piperidine rings is 3. The van der Waals surface area contributed by atoms with Crippen molar-refractivity contribution in [3.05, 3.63) is 96.1 Å². The van der Waals surface area contributed by atoms with E-state index >= 15 is 0 Å². The summed E-state index contributed by atoms with van der Waals surface area (Å²) in [6.45, 7) is 2.63. The van der Waals surface area contributed by atoms with Crippen molar-refractivity contribution in [2.24, 2.45) is 5.92 Å². The van der Waals surface area contributed by atoms with Gasteiger partial charge in [0, 0.05) is 30.0 Å². The molecule has 2 bridgehead atoms. The number of hydrogen-bond donors (Lipinski definition) is 1. The van der Waals surface area contributed by atoms with Gasteiger partial charge in [-0.3, -0.25) is 4.79 Å². The summed E-state index contributed by atoms with van der Waals surface area (Å²) in [7, 11) is -3.63. The number of nitrogens with one attached hydrogen (secondary N) is 1. The maximum Gasteiger partial charge on any atom is 0.333 e. The number of Topliss-reactive ketones (excluding diaryl/α,β-unsaturated/α-hetero) is 1. The van der Waals surface area contributed by atoms with Crippen molar-refractivity contribution in [3.8, 4) is 5.75 Å². The smallest absolute Gasteiger partial charge is 0.333 e. The van der Waals surface area contributed by atoms with Crippen LogP contribution in [-0.2, 0) is 19.6 Å². The predicted octanol–water partition coefficient (Wildman–Crippen LogP) is 4.21. The largest absolute Gasteiger partial charge is 0.454 e. The average Bonchev–Trinajstić information content (AvgIpc) is 2.92. The fourth-order valence-electron chi connectivity index (χ4n) is 5.69. The minimum atomic E-state index is -3.63. The molecule has 3 heterocycles. The minimum absolute atomic E-state index is 0.0285. The highest BCUT2D eigenvalue weighted by Gasteiger charge is 2.49. The highest BCUT2D eigenvalue weighted by Crippen LogP contribution is 2.37. The van der Waals surface area contributed by atoms with Gasteiger partial charge in [-0.1, -0.05) is 48.5 Å². The fourth-order valence-corrected chi connectivity index (χ4v) is 6.15. The van der Waals surface area contributed by atoms with E-state index in [2.05, 4.69) is 5.32 Å². The molecule has 0 aromatic heterocycles. The summed E-state index contributed by atoms with van der Waals surface area (Å²) in [6.07, 6.45) is 2.51. The van der Waals surface area contributed by atoms with E-state index < -0.39 is 16.2 Å². The van der Waals surface area contributed by atoms with Gasteiger partial charge in [0.1, 0.15) is 18.8 Å². The van der Waals surface area contributed by atoms with Gasteiger partial charge >= 0.3 is 16.1 Å². The molecule has 39 heavy (non-hydrogen) atoms. The van der Waals surface area contributed by atoms with E-state index in [0.29, 0.717) is 23.1 Å². The molecule has 0 aliphatic carbocycles. The van der Waals surface area contributed by atoms with E-state index in [1.807, 2.05) is 60.7 Å². The van der Waals surface area contributed by atoms with Gasteiger partial charge in [0.05, 0.1) is 19.3 Å². The zero-order valence-electron chi connectivity index (χ0n) is 21.9. The first-order valence-corrected chi connectivity index (χ1v) is 15.0. The third kappa shape index (κ3) is 6.66. The Labute approximate surface area is 229 Å². The molecule has 0 amide bonds. The normalized spacial score (nSPS) is 23.0. The van der Waals surface area contributed by atoms with Crippen LogP contribution in [0.1, 0.15) is 34.8 Å². The highest BCUT2D eigenvalue weighted by molar-refractivity contribution is 7.86. The standard InChI is InChI=1S/C30H33N2O6S/c1-39(35,36)38-26-14-12-22(13-15-26)27(33)20-32-18-16-23(17-19-32)28(21-32)37-30(34)29(24-8-4-2-5-9-24)31-25-10-6-3-7-11-25/h2-15,23,28-29,31H,16-21H2,1H3/q+1/t23?,28-,29+,32?/m0/s1. The van der Waals surface area contributed by atoms with E-state index in [0.717, 1.165) is 43.4 Å². The molecule has 0 spiro atoms. The number of fused-ring (bicyclic) bond motifs is 3. The first kappa shape index (κ1) is 26.9. The van der Waals surface area contributed by atoms with Crippen LogP contribution in [0.3, 0.4) is 0 Å². The molecule has 3 aromatic carbocycles. The van der Waals surface area contributed by atoms with Crippen LogP contribution in [0.5, 0.6) is 5.75 Å². The summed E-state index contributed by atoms with van der Waals surface area (Å²) in [5.74, 6) is 0.0996. The Balaban J connectivity index is 1.27. The molecule has 2 atom stereocenters. The van der Waals surface area contributed by atoms with Crippen molar-refractivity contribution in [2.75, 3.05) is 37.8 Å². The molecule has 0 saturated carbocycles. The SMILES string of the molecule is CS(=O)(=O)Oc1ccc(C(=O)C[N+]23CCC(CC2)[C@@H](OC(=O)[C@H](Nc2ccccc2)c2ccccc2)C3)cc1. The monoisotopic (exact) mass is 549 g/mol. The van der Waals surface area contributed by atoms with Crippen LogP contribution in [0.25, 0.3) is 0 Å². The molecule has 204 valence electrons. The zero-order chi connectivity index (χ0) is 27.5. The number of ketones is 1. The molecular weight excluding hydrogens is 516 g/mol. The molecule has 3 saturated heterocycles. The lowest BCUT2D eigenvalue weighted by Crippen LogP contribution is -2.65. The quantitative estimate of drug-likeness (QED) is 0.175. The topological polar surface area (TPSA) is 98.8 Å². The second-order valence-electron chi connectivity index (χ2n) is 10.5. The molecule has 9 heteroatoms. The van der Waals surface area contributed by atoms with Crippen LogP contribution >= 0.6 is 0 Å². The Hall–Kier alpha value is -3.69. The lowest BCUT2D eigenvalue weighted by atomic mass is 9.82. The van der Waals surface area contributed by atoms with Crippen molar-refractivity contribution in [3.63, 3.8) is 0 Å². The number of ether oxygens (including phenoxy) is 1. The second-order valence-corrected chi connectivity index (χ2v) is 12.1. The van der Waals surface area contributed by atoms with E-state index in [4.69, 9.17) is 8.92 Å². The van der Waals surface area contributed by atoms with Gasteiger partial charge in [0.2, 0.25) is 5.78 Å². The summed E-state index contributed by atoms with van der Waals surface area (Å²) in [5, 5.41) is 3.33. The van der Waals surface area contributed by atoms with E-state index in [1.54, 1.807) is 12.1 Å². The van der Waals surface area contributed by atoms with Crippen molar-refractivity contribution in [1.82, 2.24) is 0 Å². The molecule has 8 nitrogen and oxygen atoms in total. The molecule has 3 aliphatic heterocycles. The summed E-state index contributed by atoms with van der Waals surface area (Å²) in [5.41, 5.74) is 2.16. The van der Waals surface area contributed by atoms with Gasteiger partial charge in [-0.2, -0.15) is 8.42 Å².